The Morgan fingerprint density at radius 3 is 1.24 bits per heavy atom. The maximum Gasteiger partial charge on any atom is 0.267 e. The molecule has 12 nitrogen and oxygen atoms in total. The number of hydrogen-bond donors (Lipinski definition) is 4. The molecule has 4 aromatic rings. The predicted octanol–water partition coefficient (Wildman–Crippen LogP) is 4.89. The molecule has 46 heavy (non-hydrogen) atoms. The van der Waals surface area contributed by atoms with Crippen molar-refractivity contribution < 1.29 is 36.8 Å². The first-order valence-corrected chi connectivity index (χ1v) is 14.6. The monoisotopic (exact) mass is 626 g/mol. The summed E-state index contributed by atoms with van der Waals surface area (Å²) in [6.07, 6.45) is 17.3. The molecule has 0 saturated carbocycles. The van der Waals surface area contributed by atoms with Crippen LogP contribution in [0.2, 0.25) is 0 Å². The van der Waals surface area contributed by atoms with Crippen molar-refractivity contribution >= 4 is 47.9 Å². The molecule has 4 amide bonds. The quantitative estimate of drug-likeness (QED) is 0.0948. The van der Waals surface area contributed by atoms with E-state index >= 15 is 0 Å². The van der Waals surface area contributed by atoms with E-state index in [4.69, 9.17) is 17.7 Å². The van der Waals surface area contributed by atoms with E-state index in [0.717, 1.165) is 12.8 Å². The third-order valence-electron chi connectivity index (χ3n) is 6.22. The summed E-state index contributed by atoms with van der Waals surface area (Å²) >= 11 is 0. The Bertz CT molecular complexity index is 1520. The lowest BCUT2D eigenvalue weighted by Crippen LogP contribution is -2.35. The highest BCUT2D eigenvalue weighted by Gasteiger charge is 2.14. The average molecular weight is 627 g/mol. The van der Waals surface area contributed by atoms with Gasteiger partial charge in [-0.2, -0.15) is 0 Å². The van der Waals surface area contributed by atoms with Gasteiger partial charge in [-0.05, 0) is 73.5 Å². The number of furan rings is 4. The summed E-state index contributed by atoms with van der Waals surface area (Å²) < 4.78 is 20.9. The van der Waals surface area contributed by atoms with Crippen LogP contribution < -0.4 is 21.3 Å². The van der Waals surface area contributed by atoms with Gasteiger partial charge in [-0.15, -0.1) is 0 Å². The van der Waals surface area contributed by atoms with Gasteiger partial charge in [-0.1, -0.05) is 12.8 Å². The number of rotatable bonds is 17. The lowest BCUT2D eigenvalue weighted by molar-refractivity contribution is -0.121. The van der Waals surface area contributed by atoms with Gasteiger partial charge in [0.25, 0.3) is 11.8 Å². The van der Waals surface area contributed by atoms with Crippen LogP contribution in [-0.2, 0) is 19.2 Å². The minimum atomic E-state index is -0.501. The zero-order valence-electron chi connectivity index (χ0n) is 24.9. The van der Waals surface area contributed by atoms with Gasteiger partial charge in [0.15, 0.2) is 0 Å². The molecule has 0 spiro atoms. The fourth-order valence-electron chi connectivity index (χ4n) is 3.98. The molecule has 0 radical (unpaired) electrons. The molecule has 4 rings (SSSR count). The molecule has 4 N–H and O–H groups in total. The fraction of sp³-hybridized carbons (Fsp3) is 0.176. The summed E-state index contributed by atoms with van der Waals surface area (Å²) in [6, 6.07) is 13.5. The van der Waals surface area contributed by atoms with Crippen molar-refractivity contribution in [1.82, 2.24) is 21.3 Å². The molecule has 0 bridgehead atoms. The number of unbranched alkanes of at least 4 members (excludes halogenated alkanes) is 3. The first-order chi connectivity index (χ1) is 22.5. The minimum absolute atomic E-state index is 0.0358. The molecule has 0 aromatic carbocycles. The first-order valence-electron chi connectivity index (χ1n) is 14.6. The smallest absolute Gasteiger partial charge is 0.267 e. The maximum absolute atomic E-state index is 12.8. The van der Waals surface area contributed by atoms with Crippen molar-refractivity contribution in [1.29, 1.82) is 0 Å². The highest BCUT2D eigenvalue weighted by atomic mass is 16.3. The van der Waals surface area contributed by atoms with E-state index in [-0.39, 0.29) is 11.4 Å². The number of amides is 4. The normalized spacial score (nSPS) is 12.0. The summed E-state index contributed by atoms with van der Waals surface area (Å²) in [5.41, 5.74) is 0.0717. The molecule has 0 aliphatic rings. The second-order valence-electron chi connectivity index (χ2n) is 9.75. The summed E-state index contributed by atoms with van der Waals surface area (Å²) in [5.74, 6) is -0.0905. The van der Waals surface area contributed by atoms with Crippen LogP contribution in [0.1, 0.15) is 48.7 Å². The van der Waals surface area contributed by atoms with Crippen molar-refractivity contribution in [2.75, 3.05) is 13.1 Å². The molecule has 0 fully saturated rings. The van der Waals surface area contributed by atoms with Crippen LogP contribution in [0.25, 0.3) is 24.3 Å². The van der Waals surface area contributed by atoms with Gasteiger partial charge in [0.05, 0.1) is 25.1 Å². The number of nitrogens with one attached hydrogen (secondary N) is 4. The molecule has 4 aromatic heterocycles. The Kier molecular flexibility index (Phi) is 12.8. The van der Waals surface area contributed by atoms with E-state index in [1.54, 1.807) is 48.5 Å². The van der Waals surface area contributed by atoms with Crippen LogP contribution in [0.4, 0.5) is 0 Å². The lowest BCUT2D eigenvalue weighted by Gasteiger charge is -2.10. The number of hydrogen-bond acceptors (Lipinski definition) is 8. The minimum Gasteiger partial charge on any atom is -0.465 e. The topological polar surface area (TPSA) is 169 Å². The van der Waals surface area contributed by atoms with Crippen LogP contribution >= 0.6 is 0 Å². The van der Waals surface area contributed by atoms with Gasteiger partial charge in [-0.3, -0.25) is 19.2 Å². The number of carbonyl (C=O) groups is 4. The molecule has 0 aliphatic carbocycles. The second-order valence-corrected chi connectivity index (χ2v) is 9.75. The Balaban J connectivity index is 1.17. The van der Waals surface area contributed by atoms with Crippen molar-refractivity contribution in [2.24, 2.45) is 0 Å². The molecular formula is C34H34N4O8. The Labute approximate surface area is 264 Å². The predicted molar refractivity (Wildman–Crippen MR) is 170 cm³/mol. The van der Waals surface area contributed by atoms with Gasteiger partial charge in [-0.25, -0.2) is 0 Å². The van der Waals surface area contributed by atoms with Crippen LogP contribution in [0.15, 0.2) is 115 Å². The highest BCUT2D eigenvalue weighted by Crippen LogP contribution is 2.09. The van der Waals surface area contributed by atoms with Crippen LogP contribution in [-0.4, -0.2) is 36.7 Å². The third-order valence-corrected chi connectivity index (χ3v) is 6.22. The first kappa shape index (κ1) is 32.9. The largest absolute Gasteiger partial charge is 0.465 e. The molecule has 0 aliphatic heterocycles. The molecule has 12 heteroatoms. The molecule has 4 heterocycles. The lowest BCUT2D eigenvalue weighted by atomic mass is 10.2. The summed E-state index contributed by atoms with van der Waals surface area (Å²) in [5, 5.41) is 10.8. The Morgan fingerprint density at radius 1 is 0.522 bits per heavy atom. The van der Waals surface area contributed by atoms with E-state index in [9.17, 15) is 19.2 Å². The van der Waals surface area contributed by atoms with E-state index in [0.29, 0.717) is 49.0 Å². The Hall–Kier alpha value is -6.04. The zero-order chi connectivity index (χ0) is 32.4. The molecule has 238 valence electrons. The average Bonchev–Trinajstić information content (AvgIpc) is 3.89. The van der Waals surface area contributed by atoms with Gasteiger partial charge in [0, 0.05) is 37.4 Å². The van der Waals surface area contributed by atoms with E-state index < -0.39 is 23.6 Å². The highest BCUT2D eigenvalue weighted by molar-refractivity contribution is 6.04. The van der Waals surface area contributed by atoms with Gasteiger partial charge >= 0.3 is 0 Å². The fourth-order valence-corrected chi connectivity index (χ4v) is 3.98. The van der Waals surface area contributed by atoms with Gasteiger partial charge in [0.1, 0.15) is 34.4 Å². The van der Waals surface area contributed by atoms with Gasteiger partial charge in [0.2, 0.25) is 11.8 Å². The molecule has 0 unspecified atom stereocenters. The number of carbonyl (C=O) groups excluding carboxylic acids is 4. The summed E-state index contributed by atoms with van der Waals surface area (Å²) in [7, 11) is 0. The van der Waals surface area contributed by atoms with E-state index in [1.807, 2.05) is 0 Å². The van der Waals surface area contributed by atoms with Crippen molar-refractivity contribution in [3.8, 4) is 0 Å². The van der Waals surface area contributed by atoms with E-state index in [1.165, 1.54) is 61.5 Å². The van der Waals surface area contributed by atoms with Crippen LogP contribution in [0, 0.1) is 0 Å². The summed E-state index contributed by atoms with van der Waals surface area (Å²) in [6.45, 7) is 0.763. The molecule has 0 saturated heterocycles. The van der Waals surface area contributed by atoms with Crippen LogP contribution in [0.5, 0.6) is 0 Å². The standard InChI is InChI=1S/C34H34N4O8/c39-31(15-13-25-9-5-19-43-25)37-29(23-27-11-7-21-45-27)33(41)35-17-3-1-2-4-18-36-34(42)30(24-28-12-8-22-46-28)38-32(40)16-14-26-10-6-20-44-26/h5-16,19-24H,1-4,17-18H2,(H,35,41)(H,36,42)(H,37,39)(H,38,40)/b15-13+,16-14+,29-23-,30-24-. The van der Waals surface area contributed by atoms with E-state index in [2.05, 4.69) is 21.3 Å². The maximum atomic E-state index is 12.8. The third kappa shape index (κ3) is 11.6. The zero-order valence-corrected chi connectivity index (χ0v) is 24.9. The van der Waals surface area contributed by atoms with Gasteiger partial charge < -0.3 is 38.9 Å². The SMILES string of the molecule is O=C(/C=C/c1ccco1)N/C(=C\c1ccco1)C(=O)NCCCCCCNC(=O)/C(=C/c1ccco1)NC(=O)/C=C/c1ccco1. The Morgan fingerprint density at radius 2 is 0.891 bits per heavy atom. The van der Waals surface area contributed by atoms with Crippen molar-refractivity contribution in [3.05, 3.63) is 120 Å². The van der Waals surface area contributed by atoms with Crippen LogP contribution in [0.3, 0.4) is 0 Å². The second kappa shape index (κ2) is 17.9. The van der Waals surface area contributed by atoms with Crippen molar-refractivity contribution in [3.63, 3.8) is 0 Å². The van der Waals surface area contributed by atoms with Crippen molar-refractivity contribution in [2.45, 2.75) is 25.7 Å². The molecule has 0 atom stereocenters. The molecular weight excluding hydrogens is 592 g/mol. The summed E-state index contributed by atoms with van der Waals surface area (Å²) in [4.78, 5) is 50.4.